The van der Waals surface area contributed by atoms with Gasteiger partial charge >= 0.3 is 36.1 Å². The molecule has 506 valence electrons. The zero-order valence-electron chi connectivity index (χ0n) is 54.7. The minimum absolute atomic E-state index is 0.106. The molecular formula is C80H54N6O16S. The Bertz CT molecular complexity index is 4920. The van der Waals surface area contributed by atoms with E-state index in [9.17, 15) is 39.3 Å². The summed E-state index contributed by atoms with van der Waals surface area (Å²) in [7, 11) is 0. The van der Waals surface area contributed by atoms with Gasteiger partial charge in [-0.2, -0.15) is 20.3 Å². The van der Waals surface area contributed by atoms with Crippen LogP contribution in [-0.4, -0.2) is 80.9 Å². The molecule has 103 heavy (non-hydrogen) atoms. The second kappa shape index (κ2) is 28.7. The molecule has 8 aromatic carbocycles. The van der Waals surface area contributed by atoms with E-state index in [0.29, 0.717) is 42.8 Å². The average molecular weight is 1390 g/mol. The van der Waals surface area contributed by atoms with Crippen molar-refractivity contribution in [3.63, 3.8) is 0 Å². The first-order valence-electron chi connectivity index (χ1n) is 31.9. The number of fused-ring (bicyclic) bond motifs is 5. The number of ether oxygens (including phenoxy) is 6. The number of esters is 4. The van der Waals surface area contributed by atoms with Crippen molar-refractivity contribution >= 4 is 115 Å². The molecule has 1 aromatic heterocycles. The Morgan fingerprint density at radius 2 is 0.650 bits per heavy atom. The Morgan fingerprint density at radius 1 is 0.388 bits per heavy atom. The van der Waals surface area contributed by atoms with Crippen LogP contribution in [0, 0.1) is 22.7 Å². The van der Waals surface area contributed by atoms with Gasteiger partial charge in [0, 0.05) is 31.3 Å². The van der Waals surface area contributed by atoms with Gasteiger partial charge in [0.1, 0.15) is 74.3 Å². The molecule has 2 aliphatic heterocycles. The lowest BCUT2D eigenvalue weighted by Gasteiger charge is -2.29. The summed E-state index contributed by atoms with van der Waals surface area (Å²) in [6, 6.07) is 60.4. The van der Waals surface area contributed by atoms with Crippen molar-refractivity contribution in [1.82, 2.24) is 9.80 Å². The minimum Gasteiger partial charge on any atom is -0.459 e. The lowest BCUT2D eigenvalue weighted by molar-refractivity contribution is -0.166. The molecule has 0 fully saturated rings. The van der Waals surface area contributed by atoms with Gasteiger partial charge in [0.05, 0.1) is 11.4 Å². The van der Waals surface area contributed by atoms with Gasteiger partial charge < -0.3 is 28.4 Å². The third-order valence-corrected chi connectivity index (χ3v) is 18.7. The zero-order chi connectivity index (χ0) is 72.1. The van der Waals surface area contributed by atoms with Crippen molar-refractivity contribution in [2.75, 3.05) is 0 Å². The number of hydrogen-bond acceptors (Lipinski definition) is 21. The van der Waals surface area contributed by atoms with Gasteiger partial charge in [-0.05, 0) is 106 Å². The highest BCUT2D eigenvalue weighted by atomic mass is 32.1. The van der Waals surface area contributed by atoms with E-state index in [-0.39, 0.29) is 54.0 Å². The summed E-state index contributed by atoms with van der Waals surface area (Å²) >= 11 is 1.17. The van der Waals surface area contributed by atoms with E-state index in [2.05, 4.69) is 0 Å². The van der Waals surface area contributed by atoms with E-state index in [4.69, 9.17) is 38.4 Å². The third-order valence-electron chi connectivity index (χ3n) is 17.6. The fourth-order valence-corrected chi connectivity index (χ4v) is 13.5. The second-order valence-electron chi connectivity index (χ2n) is 23.9. The van der Waals surface area contributed by atoms with Crippen LogP contribution in [0.25, 0.3) is 32.3 Å². The first kappa shape index (κ1) is 67.9. The molecule has 13 rings (SSSR count). The first-order chi connectivity index (χ1) is 49.9. The predicted octanol–water partition coefficient (Wildman–Crippen LogP) is 12.2. The van der Waals surface area contributed by atoms with Crippen LogP contribution < -0.4 is 0 Å². The smallest absolute Gasteiger partial charge is 0.424 e. The maximum Gasteiger partial charge on any atom is 0.424 e. The molecule has 0 atom stereocenters. The quantitative estimate of drug-likeness (QED) is 0.0333. The zero-order valence-corrected chi connectivity index (χ0v) is 55.5. The number of hydrogen-bond donors (Lipinski definition) is 0. The van der Waals surface area contributed by atoms with Crippen LogP contribution in [0.4, 0.5) is 9.59 Å². The number of thiophene rings is 1. The highest BCUT2D eigenvalue weighted by Gasteiger charge is 2.61. The number of carbonyl (C=O) groups excluding carboxylic acids is 10. The SMILES string of the molecule is CC1=C(C#N)C(=O)N(C(=O)OCc2ccccc2)C(=O)/C1=N\C1=Cc2cc3sc4cc5c(cc4c3cc2C1(C(=O)OCc1ccccc1)C(=O)OCc1ccccc1)C(C(=O)OCc1ccccc1)(C(=O)OCc1ccccc1)C(/N=C1/C(=O)N(C(=O)OCc2ccccc2)C(=O)C(C#N)=C1C)=C5. The highest BCUT2D eigenvalue weighted by molar-refractivity contribution is 7.25. The van der Waals surface area contributed by atoms with Crippen molar-refractivity contribution < 1.29 is 76.4 Å². The van der Waals surface area contributed by atoms with Gasteiger partial charge in [0.25, 0.3) is 23.6 Å². The lowest BCUT2D eigenvalue weighted by atomic mass is 9.78. The molecule has 0 radical (unpaired) electrons. The van der Waals surface area contributed by atoms with Crippen LogP contribution in [0.5, 0.6) is 0 Å². The lowest BCUT2D eigenvalue weighted by Crippen LogP contribution is -2.51. The molecule has 0 bridgehead atoms. The van der Waals surface area contributed by atoms with Crippen LogP contribution in [-0.2, 0) is 117 Å². The molecule has 0 spiro atoms. The monoisotopic (exact) mass is 1390 g/mol. The van der Waals surface area contributed by atoms with Crippen molar-refractivity contribution in [2.45, 2.75) is 64.3 Å². The number of aliphatic imine (C=N–C) groups is 2. The number of carbonyl (C=O) groups is 10. The standard InChI is InChI=1S/C80H54N6O16S/c1-47-59(39-81)69(87)85(77(95)101-45-53-29-17-7-18-30-53)71(89)67(47)83-65-35-55-33-63-57(37-61(55)79(65,73(91)97-41-49-21-9-3-10-22-49)74(92)98-42-50-23-11-4-12-24-50)58-38-62-56(34-64(58)103-63)36-66(80(62,75(93)99-43-51-25-13-5-14-26-51)76(94)100-44-52-27-15-6-16-28-52)84-68-48(2)60(40-82)70(88)86(72(68)90)78(96)102-46-54-31-19-8-20-32-54/h3-38H,41-46H2,1-2H3/b83-67-,84-68+. The summed E-state index contributed by atoms with van der Waals surface area (Å²) < 4.78 is 36.4. The van der Waals surface area contributed by atoms with E-state index in [0.717, 1.165) is 0 Å². The normalized spacial score (nSPS) is 15.8. The topological polar surface area (TPSA) is 305 Å². The molecule has 9 aromatic rings. The number of imide groups is 6. The summed E-state index contributed by atoms with van der Waals surface area (Å²) in [5, 5.41) is 21.6. The van der Waals surface area contributed by atoms with E-state index in [1.54, 1.807) is 206 Å². The number of amides is 6. The van der Waals surface area contributed by atoms with Crippen molar-refractivity contribution in [2.24, 2.45) is 9.98 Å². The van der Waals surface area contributed by atoms with Gasteiger partial charge in [0.2, 0.25) is 10.8 Å². The molecule has 22 nitrogen and oxygen atoms in total. The van der Waals surface area contributed by atoms with Crippen LogP contribution in [0.3, 0.4) is 0 Å². The molecule has 0 unspecified atom stereocenters. The molecule has 0 N–H and O–H groups in total. The Morgan fingerprint density at radius 3 is 0.913 bits per heavy atom. The molecule has 6 amide bonds. The van der Waals surface area contributed by atoms with Crippen LogP contribution in [0.1, 0.15) is 69.5 Å². The Labute approximate surface area is 590 Å². The first-order valence-corrected chi connectivity index (χ1v) is 32.7. The van der Waals surface area contributed by atoms with Crippen LogP contribution in [0.2, 0.25) is 0 Å². The summed E-state index contributed by atoms with van der Waals surface area (Å²) in [4.78, 5) is 159. The fourth-order valence-electron chi connectivity index (χ4n) is 12.3. The average Bonchev–Trinajstić information content (AvgIpc) is 1.55. The molecular weight excluding hydrogens is 1330 g/mol. The predicted molar refractivity (Wildman–Crippen MR) is 372 cm³/mol. The number of nitrogens with zero attached hydrogens (tertiary/aromatic N) is 6. The van der Waals surface area contributed by atoms with Crippen molar-refractivity contribution in [3.8, 4) is 12.1 Å². The highest BCUT2D eigenvalue weighted by Crippen LogP contribution is 2.52. The molecule has 4 aliphatic rings. The largest absolute Gasteiger partial charge is 0.459 e. The number of nitriles is 2. The van der Waals surface area contributed by atoms with Crippen LogP contribution >= 0.6 is 11.3 Å². The molecule has 2 aliphatic carbocycles. The molecule has 3 heterocycles. The fraction of sp³-hybridized carbons (Fsp3) is 0.125. The maximum absolute atomic E-state index is 15.9. The summed E-state index contributed by atoms with van der Waals surface area (Å²) in [5.41, 5.74) is -7.15. The summed E-state index contributed by atoms with van der Waals surface area (Å²) in [6.45, 7) is -0.0229. The molecule has 0 saturated heterocycles. The summed E-state index contributed by atoms with van der Waals surface area (Å²) in [6.07, 6.45) is -0.242. The van der Waals surface area contributed by atoms with Gasteiger partial charge in [0.15, 0.2) is 0 Å². The minimum atomic E-state index is -2.82. The van der Waals surface area contributed by atoms with E-state index < -0.39 is 144 Å². The van der Waals surface area contributed by atoms with Crippen molar-refractivity contribution in [3.05, 3.63) is 296 Å². The Balaban J connectivity index is 1.01. The summed E-state index contributed by atoms with van der Waals surface area (Å²) in [5.74, 6) is -10.5. The second-order valence-corrected chi connectivity index (χ2v) is 25.0. The Kier molecular flexibility index (Phi) is 18.9. The van der Waals surface area contributed by atoms with Gasteiger partial charge in [-0.15, -0.1) is 11.3 Å². The van der Waals surface area contributed by atoms with E-state index in [1.165, 1.54) is 49.5 Å². The Hall–Kier alpha value is -13.6. The van der Waals surface area contributed by atoms with Gasteiger partial charge in [-0.25, -0.2) is 19.6 Å². The number of benzene rings is 8. The number of rotatable bonds is 18. The van der Waals surface area contributed by atoms with E-state index >= 15 is 19.2 Å². The van der Waals surface area contributed by atoms with Crippen molar-refractivity contribution in [1.29, 1.82) is 10.5 Å². The molecule has 0 saturated carbocycles. The van der Waals surface area contributed by atoms with Crippen LogP contribution in [0.15, 0.2) is 250 Å². The molecule has 23 heteroatoms. The maximum atomic E-state index is 15.9. The van der Waals surface area contributed by atoms with Gasteiger partial charge in [-0.3, -0.25) is 38.4 Å². The van der Waals surface area contributed by atoms with Gasteiger partial charge in [-0.1, -0.05) is 182 Å². The third kappa shape index (κ3) is 12.6. The van der Waals surface area contributed by atoms with E-state index in [1.807, 2.05) is 0 Å².